The minimum atomic E-state index is -0.273. The van der Waals surface area contributed by atoms with E-state index in [4.69, 9.17) is 5.73 Å². The molecule has 0 aromatic heterocycles. The van der Waals surface area contributed by atoms with Gasteiger partial charge in [-0.2, -0.15) is 0 Å². The quantitative estimate of drug-likeness (QED) is 0.608. The van der Waals surface area contributed by atoms with Crippen LogP contribution in [-0.2, 0) is 0 Å². The summed E-state index contributed by atoms with van der Waals surface area (Å²) < 4.78 is 0. The lowest BCUT2D eigenvalue weighted by atomic mass is 10.2. The molecule has 0 aliphatic carbocycles. The molecule has 0 atom stereocenters. The topological polar surface area (TPSA) is 79.8 Å². The number of amides is 1. The average Bonchev–Trinajstić information content (AvgIpc) is 2.30. The molecule has 0 bridgehead atoms. The van der Waals surface area contributed by atoms with Crippen molar-refractivity contribution in [2.45, 2.75) is 6.92 Å². The second-order valence-electron chi connectivity index (χ2n) is 3.16. The Hall–Kier alpha value is -2.43. The van der Waals surface area contributed by atoms with Crippen LogP contribution in [0.25, 0.3) is 0 Å². The van der Waals surface area contributed by atoms with Crippen LogP contribution in [0.4, 0.5) is 5.69 Å². The monoisotopic (exact) mass is 230 g/mol. The zero-order valence-corrected chi connectivity index (χ0v) is 9.55. The Bertz CT molecular complexity index is 460. The van der Waals surface area contributed by atoms with Gasteiger partial charge in [0.25, 0.3) is 5.91 Å². The zero-order chi connectivity index (χ0) is 12.7. The Kier molecular flexibility index (Phi) is 4.62. The number of hydrogen-bond donors (Lipinski definition) is 2. The predicted molar refractivity (Wildman–Crippen MR) is 70.1 cm³/mol. The molecule has 1 aromatic rings. The normalized spacial score (nSPS) is 11.5. The van der Waals surface area contributed by atoms with E-state index in [9.17, 15) is 4.79 Å². The van der Waals surface area contributed by atoms with Crippen molar-refractivity contribution in [3.05, 3.63) is 41.8 Å². The minimum absolute atomic E-state index is 0.273. The molecular formula is C12H14N4O. The lowest BCUT2D eigenvalue weighted by molar-refractivity contribution is 0.0965. The maximum Gasteiger partial charge on any atom is 0.256 e. The van der Waals surface area contributed by atoms with E-state index in [1.807, 2.05) is 0 Å². The Morgan fingerprint density at radius 1 is 1.41 bits per heavy atom. The summed E-state index contributed by atoms with van der Waals surface area (Å²) in [5, 5.41) is 2.60. The fourth-order valence-electron chi connectivity index (χ4n) is 1.15. The number of nitrogen functional groups attached to an aromatic ring is 1. The average molecular weight is 230 g/mol. The molecule has 88 valence electrons. The summed E-state index contributed by atoms with van der Waals surface area (Å²) in [6.45, 7) is 5.05. The molecule has 0 aliphatic rings. The van der Waals surface area contributed by atoms with E-state index >= 15 is 0 Å². The first kappa shape index (κ1) is 12.6. The number of rotatable bonds is 4. The molecule has 0 heterocycles. The summed E-state index contributed by atoms with van der Waals surface area (Å²) in [6, 6.07) is 6.60. The molecule has 0 saturated carbocycles. The van der Waals surface area contributed by atoms with Crippen molar-refractivity contribution < 1.29 is 4.79 Å². The van der Waals surface area contributed by atoms with Crippen LogP contribution in [0.1, 0.15) is 17.3 Å². The largest absolute Gasteiger partial charge is 0.399 e. The van der Waals surface area contributed by atoms with Gasteiger partial charge in [-0.3, -0.25) is 9.79 Å². The van der Waals surface area contributed by atoms with Crippen LogP contribution in [0.2, 0.25) is 0 Å². The van der Waals surface area contributed by atoms with Gasteiger partial charge in [-0.15, -0.1) is 0 Å². The molecule has 1 aromatic carbocycles. The van der Waals surface area contributed by atoms with Crippen molar-refractivity contribution >= 4 is 24.5 Å². The van der Waals surface area contributed by atoms with Crippen LogP contribution in [-0.4, -0.2) is 18.8 Å². The van der Waals surface area contributed by atoms with Crippen molar-refractivity contribution in [2.24, 2.45) is 9.98 Å². The van der Waals surface area contributed by atoms with Crippen LogP contribution < -0.4 is 11.1 Å². The fourth-order valence-corrected chi connectivity index (χ4v) is 1.15. The lowest BCUT2D eigenvalue weighted by Crippen LogP contribution is -2.21. The van der Waals surface area contributed by atoms with Gasteiger partial charge in [-0.1, -0.05) is 0 Å². The molecule has 0 aliphatic heterocycles. The molecule has 5 nitrogen and oxygen atoms in total. The number of anilines is 1. The smallest absolute Gasteiger partial charge is 0.256 e. The molecule has 0 radical (unpaired) electrons. The predicted octanol–water partition coefficient (Wildman–Crippen LogP) is 1.59. The molecule has 0 fully saturated rings. The molecule has 0 unspecified atom stereocenters. The van der Waals surface area contributed by atoms with E-state index in [1.165, 1.54) is 6.20 Å². The Morgan fingerprint density at radius 2 is 2.06 bits per heavy atom. The van der Waals surface area contributed by atoms with Gasteiger partial charge in [0.2, 0.25) is 0 Å². The van der Waals surface area contributed by atoms with Crippen LogP contribution in [0.15, 0.2) is 46.3 Å². The van der Waals surface area contributed by atoms with E-state index in [-0.39, 0.29) is 5.91 Å². The van der Waals surface area contributed by atoms with Crippen molar-refractivity contribution in [1.29, 1.82) is 0 Å². The highest BCUT2D eigenvalue weighted by Crippen LogP contribution is 2.06. The van der Waals surface area contributed by atoms with E-state index in [0.717, 1.165) is 0 Å². The van der Waals surface area contributed by atoms with E-state index in [0.29, 0.717) is 17.1 Å². The molecule has 1 amide bonds. The Balaban J connectivity index is 2.80. The van der Waals surface area contributed by atoms with Gasteiger partial charge in [0.05, 0.1) is 6.20 Å². The third-order valence-electron chi connectivity index (χ3n) is 1.90. The first-order valence-electron chi connectivity index (χ1n) is 4.99. The van der Waals surface area contributed by atoms with Crippen LogP contribution in [0, 0.1) is 0 Å². The van der Waals surface area contributed by atoms with Crippen molar-refractivity contribution in [1.82, 2.24) is 5.32 Å². The zero-order valence-electron chi connectivity index (χ0n) is 9.55. The Labute approximate surface area is 99.8 Å². The van der Waals surface area contributed by atoms with Crippen LogP contribution >= 0.6 is 0 Å². The Morgan fingerprint density at radius 3 is 2.59 bits per heavy atom. The first-order valence-corrected chi connectivity index (χ1v) is 4.99. The molecule has 17 heavy (non-hydrogen) atoms. The fraction of sp³-hybridized carbons (Fsp3) is 0.0833. The number of nitrogens with one attached hydrogen (secondary N) is 1. The van der Waals surface area contributed by atoms with E-state index in [1.54, 1.807) is 37.4 Å². The number of hydrogen-bond acceptors (Lipinski definition) is 4. The molecule has 3 N–H and O–H groups in total. The van der Waals surface area contributed by atoms with Gasteiger partial charge in [-0.25, -0.2) is 4.99 Å². The van der Waals surface area contributed by atoms with Crippen molar-refractivity contribution in [3.63, 3.8) is 0 Å². The van der Waals surface area contributed by atoms with Gasteiger partial charge in [0.15, 0.2) is 5.82 Å². The summed E-state index contributed by atoms with van der Waals surface area (Å²) >= 11 is 0. The minimum Gasteiger partial charge on any atom is -0.399 e. The maximum atomic E-state index is 11.8. The van der Waals surface area contributed by atoms with Crippen molar-refractivity contribution in [3.8, 4) is 0 Å². The third-order valence-corrected chi connectivity index (χ3v) is 1.90. The summed E-state index contributed by atoms with van der Waals surface area (Å²) in [6.07, 6.45) is 2.93. The summed E-state index contributed by atoms with van der Waals surface area (Å²) in [7, 11) is 0. The van der Waals surface area contributed by atoms with Crippen LogP contribution in [0.3, 0.4) is 0 Å². The number of carbonyl (C=O) groups is 1. The molecule has 5 heteroatoms. The number of nitrogens with zero attached hydrogens (tertiary/aromatic N) is 2. The molecular weight excluding hydrogens is 216 g/mol. The van der Waals surface area contributed by atoms with E-state index < -0.39 is 0 Å². The van der Waals surface area contributed by atoms with Gasteiger partial charge in [0.1, 0.15) is 0 Å². The molecule has 0 spiro atoms. The SMILES string of the molecule is C=N/C=C(\N=C/C)NC(=O)c1ccc(N)cc1. The standard InChI is InChI=1S/C12H14N4O/c1-3-15-11(8-14-2)16-12(17)9-4-6-10(13)7-5-9/h3-8H,2,13H2,1H3,(H,16,17)/b11-8+,15-3-. The number of benzene rings is 1. The van der Waals surface area contributed by atoms with E-state index in [2.05, 4.69) is 22.0 Å². The van der Waals surface area contributed by atoms with Crippen molar-refractivity contribution in [2.75, 3.05) is 5.73 Å². The summed E-state index contributed by atoms with van der Waals surface area (Å²) in [5.41, 5.74) is 6.64. The lowest BCUT2D eigenvalue weighted by Gasteiger charge is -2.04. The second kappa shape index (κ2) is 6.22. The third kappa shape index (κ3) is 3.90. The second-order valence-corrected chi connectivity index (χ2v) is 3.16. The van der Waals surface area contributed by atoms with Gasteiger partial charge in [-0.05, 0) is 37.9 Å². The van der Waals surface area contributed by atoms with Gasteiger partial charge in [0, 0.05) is 17.5 Å². The highest BCUT2D eigenvalue weighted by atomic mass is 16.1. The summed E-state index contributed by atoms with van der Waals surface area (Å²) in [5.74, 6) is 0.0647. The highest BCUT2D eigenvalue weighted by Gasteiger charge is 2.06. The summed E-state index contributed by atoms with van der Waals surface area (Å²) in [4.78, 5) is 19.3. The van der Waals surface area contributed by atoms with Gasteiger partial charge < -0.3 is 11.1 Å². The molecule has 1 rings (SSSR count). The highest BCUT2D eigenvalue weighted by molar-refractivity contribution is 5.95. The first-order chi connectivity index (χ1) is 8.17. The molecule has 0 saturated heterocycles. The number of carbonyl (C=O) groups excluding carboxylic acids is 1. The van der Waals surface area contributed by atoms with Gasteiger partial charge >= 0.3 is 0 Å². The maximum absolute atomic E-state index is 11.8. The number of nitrogens with two attached hydrogens (primary N) is 1. The van der Waals surface area contributed by atoms with Crippen LogP contribution in [0.5, 0.6) is 0 Å². The number of aliphatic imine (C=N–C) groups is 2.